The molecule has 3 aromatic carbocycles. The van der Waals surface area contributed by atoms with Crippen molar-refractivity contribution < 1.29 is 0 Å². The van der Waals surface area contributed by atoms with Gasteiger partial charge in [0.2, 0.25) is 0 Å². The van der Waals surface area contributed by atoms with Crippen LogP contribution in [0.3, 0.4) is 0 Å². The maximum absolute atomic E-state index is 2.83. The van der Waals surface area contributed by atoms with Gasteiger partial charge >= 0.3 is 0 Å². The van der Waals surface area contributed by atoms with E-state index < -0.39 is 0 Å². The maximum atomic E-state index is 2.83. The first-order valence-corrected chi connectivity index (χ1v) is 9.61. The van der Waals surface area contributed by atoms with Crippen molar-refractivity contribution in [2.75, 3.05) is 11.9 Å². The first-order valence-electron chi connectivity index (χ1n) is 8.79. The molecule has 4 rings (SSSR count). The van der Waals surface area contributed by atoms with Crippen molar-refractivity contribution in [1.82, 2.24) is 0 Å². The van der Waals surface area contributed by atoms with Crippen molar-refractivity contribution in [3.05, 3.63) is 83.4 Å². The molecule has 25 heavy (non-hydrogen) atoms. The molecule has 0 saturated carbocycles. The number of hydrogen-bond acceptors (Lipinski definition) is 1. The summed E-state index contributed by atoms with van der Waals surface area (Å²) in [5.74, 6) is 0. The third-order valence-electron chi connectivity index (χ3n) is 5.49. The summed E-state index contributed by atoms with van der Waals surface area (Å²) in [7, 11) is 4.97. The number of para-hydroxylation sites is 1. The Morgan fingerprint density at radius 1 is 0.800 bits per heavy atom. The number of anilines is 2. The van der Waals surface area contributed by atoms with Gasteiger partial charge in [-0.1, -0.05) is 56.3 Å². The van der Waals surface area contributed by atoms with Crippen LogP contribution < -0.4 is 4.90 Å². The molecule has 126 valence electrons. The second-order valence-electron chi connectivity index (χ2n) is 7.33. The molecule has 0 saturated heterocycles. The fraction of sp³-hybridized carbons (Fsp3) is 0.217. The molecular formula is C23H24NP. The van der Waals surface area contributed by atoms with E-state index >= 15 is 0 Å². The van der Waals surface area contributed by atoms with E-state index in [1.807, 2.05) is 0 Å². The van der Waals surface area contributed by atoms with E-state index in [-0.39, 0.29) is 5.41 Å². The summed E-state index contributed by atoms with van der Waals surface area (Å²) in [5, 5.41) is 0. The molecule has 0 N–H and O–H groups in total. The molecule has 3 aromatic rings. The largest absolute Gasteiger partial charge is 0.345 e. The van der Waals surface area contributed by atoms with Crippen LogP contribution in [0.25, 0.3) is 11.1 Å². The van der Waals surface area contributed by atoms with E-state index in [1.54, 1.807) is 0 Å². The van der Waals surface area contributed by atoms with Crippen LogP contribution in [0.1, 0.15) is 30.5 Å². The van der Waals surface area contributed by atoms with E-state index in [2.05, 4.69) is 102 Å². The second-order valence-corrected chi connectivity index (χ2v) is 7.74. The summed E-state index contributed by atoms with van der Waals surface area (Å²) in [6, 6.07) is 24.3. The molecule has 0 spiro atoms. The first kappa shape index (κ1) is 16.4. The van der Waals surface area contributed by atoms with E-state index in [0.717, 1.165) is 6.16 Å². The van der Waals surface area contributed by atoms with Crippen molar-refractivity contribution in [2.45, 2.75) is 25.4 Å². The number of benzene rings is 3. The topological polar surface area (TPSA) is 3.24 Å². The molecule has 0 aromatic heterocycles. The highest BCUT2D eigenvalue weighted by atomic mass is 31.0. The van der Waals surface area contributed by atoms with Gasteiger partial charge in [0.1, 0.15) is 0 Å². The molecule has 2 heteroatoms. The van der Waals surface area contributed by atoms with Gasteiger partial charge in [-0.25, -0.2) is 0 Å². The van der Waals surface area contributed by atoms with Gasteiger partial charge in [-0.2, -0.15) is 0 Å². The number of fused-ring (bicyclic) bond motifs is 3. The van der Waals surface area contributed by atoms with Crippen molar-refractivity contribution >= 4 is 20.6 Å². The Balaban J connectivity index is 1.81. The quantitative estimate of drug-likeness (QED) is 0.516. The lowest BCUT2D eigenvalue weighted by Gasteiger charge is -2.25. The third kappa shape index (κ3) is 2.58. The molecule has 0 heterocycles. The van der Waals surface area contributed by atoms with Crippen LogP contribution >= 0.6 is 9.24 Å². The van der Waals surface area contributed by atoms with Crippen molar-refractivity contribution in [1.29, 1.82) is 0 Å². The SMILES string of the molecule is CN(c1ccccc1)c1ccc2c(c1)C(C)(C)c1cc(CP)ccc1-2. The second kappa shape index (κ2) is 6.00. The van der Waals surface area contributed by atoms with Crippen LogP contribution in [-0.4, -0.2) is 7.05 Å². The van der Waals surface area contributed by atoms with Gasteiger partial charge in [0.25, 0.3) is 0 Å². The zero-order chi connectivity index (χ0) is 17.6. The summed E-state index contributed by atoms with van der Waals surface area (Å²) in [5.41, 5.74) is 9.49. The Hall–Kier alpha value is -2.11. The monoisotopic (exact) mass is 345 g/mol. The lowest BCUT2D eigenvalue weighted by molar-refractivity contribution is 0.659. The lowest BCUT2D eigenvalue weighted by Crippen LogP contribution is -2.16. The van der Waals surface area contributed by atoms with Gasteiger partial charge in [0.05, 0.1) is 0 Å². The van der Waals surface area contributed by atoms with Crippen LogP contribution in [-0.2, 0) is 11.6 Å². The predicted molar refractivity (Wildman–Crippen MR) is 112 cm³/mol. The van der Waals surface area contributed by atoms with E-state index in [9.17, 15) is 0 Å². The zero-order valence-electron chi connectivity index (χ0n) is 15.1. The molecular weight excluding hydrogens is 321 g/mol. The smallest absolute Gasteiger partial charge is 0.0411 e. The lowest BCUT2D eigenvalue weighted by atomic mass is 9.82. The molecule has 0 amide bonds. The summed E-state index contributed by atoms with van der Waals surface area (Å²) in [6.07, 6.45) is 1.00. The van der Waals surface area contributed by atoms with Crippen LogP contribution in [0.4, 0.5) is 11.4 Å². The van der Waals surface area contributed by atoms with Gasteiger partial charge in [0, 0.05) is 23.8 Å². The standard InChI is InChI=1S/C23H24NP/c1-23(2)21-13-16(15-25)9-11-19(21)20-12-10-18(14-22(20)23)24(3)17-7-5-4-6-8-17/h4-14H,15,25H2,1-3H3. The maximum Gasteiger partial charge on any atom is 0.0411 e. The molecule has 1 nitrogen and oxygen atoms in total. The Morgan fingerprint density at radius 2 is 1.44 bits per heavy atom. The Labute approximate surface area is 152 Å². The van der Waals surface area contributed by atoms with Gasteiger partial charge in [-0.15, -0.1) is 9.24 Å². The predicted octanol–water partition coefficient (Wildman–Crippen LogP) is 6.14. The molecule has 1 atom stereocenters. The highest BCUT2D eigenvalue weighted by Gasteiger charge is 2.35. The Kier molecular flexibility index (Phi) is 3.93. The fourth-order valence-corrected chi connectivity index (χ4v) is 4.16. The van der Waals surface area contributed by atoms with Gasteiger partial charge in [-0.05, 0) is 58.2 Å². The van der Waals surface area contributed by atoms with E-state index in [1.165, 1.54) is 39.2 Å². The molecule has 1 aliphatic rings. The number of rotatable bonds is 3. The third-order valence-corrected chi connectivity index (χ3v) is 5.96. The molecule has 0 bridgehead atoms. The van der Waals surface area contributed by atoms with Crippen LogP contribution in [0.5, 0.6) is 0 Å². The minimum atomic E-state index is 0.0358. The number of hydrogen-bond donors (Lipinski definition) is 0. The minimum Gasteiger partial charge on any atom is -0.345 e. The average molecular weight is 345 g/mol. The summed E-state index contributed by atoms with van der Waals surface area (Å²) < 4.78 is 0. The molecule has 0 fully saturated rings. The summed E-state index contributed by atoms with van der Waals surface area (Å²) >= 11 is 0. The van der Waals surface area contributed by atoms with Gasteiger partial charge in [0.15, 0.2) is 0 Å². The van der Waals surface area contributed by atoms with Gasteiger partial charge in [-0.3, -0.25) is 0 Å². The average Bonchev–Trinajstić information content (AvgIpc) is 2.88. The fourth-order valence-electron chi connectivity index (χ4n) is 3.91. The molecule has 1 unspecified atom stereocenters. The van der Waals surface area contributed by atoms with E-state index in [4.69, 9.17) is 0 Å². The molecule has 0 radical (unpaired) electrons. The highest BCUT2D eigenvalue weighted by Crippen LogP contribution is 2.50. The molecule has 1 aliphatic carbocycles. The zero-order valence-corrected chi connectivity index (χ0v) is 16.2. The molecule has 0 aliphatic heterocycles. The van der Waals surface area contributed by atoms with Crippen molar-refractivity contribution in [2.24, 2.45) is 0 Å². The first-order chi connectivity index (χ1) is 12.0. The summed E-state index contributed by atoms with van der Waals surface area (Å²) in [6.45, 7) is 4.69. The Bertz CT molecular complexity index is 928. The van der Waals surface area contributed by atoms with Crippen molar-refractivity contribution in [3.8, 4) is 11.1 Å². The van der Waals surface area contributed by atoms with Crippen LogP contribution in [0.15, 0.2) is 66.7 Å². The highest BCUT2D eigenvalue weighted by molar-refractivity contribution is 7.15. The number of nitrogens with zero attached hydrogens (tertiary/aromatic N) is 1. The van der Waals surface area contributed by atoms with Gasteiger partial charge < -0.3 is 4.90 Å². The Morgan fingerprint density at radius 3 is 2.12 bits per heavy atom. The minimum absolute atomic E-state index is 0.0358. The normalized spacial score (nSPS) is 14.1. The van der Waals surface area contributed by atoms with Crippen LogP contribution in [0, 0.1) is 0 Å². The van der Waals surface area contributed by atoms with Crippen molar-refractivity contribution in [3.63, 3.8) is 0 Å². The van der Waals surface area contributed by atoms with Crippen LogP contribution in [0.2, 0.25) is 0 Å². The van der Waals surface area contributed by atoms with E-state index in [0.29, 0.717) is 0 Å². The summed E-state index contributed by atoms with van der Waals surface area (Å²) in [4.78, 5) is 2.26.